The number of amides is 2. The lowest BCUT2D eigenvalue weighted by Gasteiger charge is -2.41. The van der Waals surface area contributed by atoms with Crippen molar-refractivity contribution in [2.45, 2.75) is 19.4 Å². The first kappa shape index (κ1) is 14.1. The number of piperidine rings is 1. The second-order valence-electron chi connectivity index (χ2n) is 6.01. The molecule has 2 amide bonds. The fourth-order valence-electron chi connectivity index (χ4n) is 3.48. The standard InChI is InChI=1S/C16H20N2O3/c19-11-13-8-16(6-7-17-14(16)20)15(21)18(10-13)9-12-4-2-1-3-5-12/h1-5,13,19H,6-11H2,(H,17,20)/t13-,16-/m1/s1. The number of aliphatic hydroxyl groups is 1. The van der Waals surface area contributed by atoms with E-state index in [1.54, 1.807) is 4.90 Å². The van der Waals surface area contributed by atoms with Crippen LogP contribution in [0.4, 0.5) is 0 Å². The number of carbonyl (C=O) groups is 2. The molecule has 0 saturated carbocycles. The van der Waals surface area contributed by atoms with E-state index in [9.17, 15) is 14.7 Å². The van der Waals surface area contributed by atoms with Crippen LogP contribution < -0.4 is 5.32 Å². The summed E-state index contributed by atoms with van der Waals surface area (Å²) in [6, 6.07) is 9.75. The summed E-state index contributed by atoms with van der Waals surface area (Å²) in [5.41, 5.74) is 0.0819. The Morgan fingerprint density at radius 3 is 2.67 bits per heavy atom. The smallest absolute Gasteiger partial charge is 0.238 e. The SMILES string of the molecule is O=C1NCC[C@@]12C[C@@H](CO)CN(Cc1ccccc1)C2=O. The molecule has 5 nitrogen and oxygen atoms in total. The molecule has 5 heteroatoms. The van der Waals surface area contributed by atoms with Gasteiger partial charge >= 0.3 is 0 Å². The van der Waals surface area contributed by atoms with E-state index in [4.69, 9.17) is 0 Å². The third-order valence-corrected chi connectivity index (χ3v) is 4.56. The van der Waals surface area contributed by atoms with E-state index in [0.717, 1.165) is 5.56 Å². The van der Waals surface area contributed by atoms with Crippen LogP contribution in [0.3, 0.4) is 0 Å². The van der Waals surface area contributed by atoms with Crippen molar-refractivity contribution in [2.75, 3.05) is 19.7 Å². The highest BCUT2D eigenvalue weighted by atomic mass is 16.3. The van der Waals surface area contributed by atoms with E-state index >= 15 is 0 Å². The number of benzene rings is 1. The number of nitrogens with zero attached hydrogens (tertiary/aromatic N) is 1. The Hall–Kier alpha value is -1.88. The minimum Gasteiger partial charge on any atom is -0.396 e. The van der Waals surface area contributed by atoms with Crippen LogP contribution in [-0.4, -0.2) is 41.5 Å². The Morgan fingerprint density at radius 2 is 2.05 bits per heavy atom. The van der Waals surface area contributed by atoms with Gasteiger partial charge in [-0.1, -0.05) is 30.3 Å². The lowest BCUT2D eigenvalue weighted by Crippen LogP contribution is -2.55. The van der Waals surface area contributed by atoms with Crippen molar-refractivity contribution >= 4 is 11.8 Å². The summed E-state index contributed by atoms with van der Waals surface area (Å²) in [5.74, 6) is -0.301. The minimum absolute atomic E-state index is 0.00754. The van der Waals surface area contributed by atoms with Gasteiger partial charge in [-0.3, -0.25) is 9.59 Å². The summed E-state index contributed by atoms with van der Waals surface area (Å²) in [6.45, 7) is 1.56. The third-order valence-electron chi connectivity index (χ3n) is 4.56. The molecule has 2 saturated heterocycles. The van der Waals surface area contributed by atoms with Gasteiger partial charge in [-0.25, -0.2) is 0 Å². The molecule has 3 rings (SSSR count). The Bertz CT molecular complexity index is 546. The van der Waals surface area contributed by atoms with Crippen LogP contribution in [-0.2, 0) is 16.1 Å². The summed E-state index contributed by atoms with van der Waals surface area (Å²) in [6.07, 6.45) is 0.992. The number of rotatable bonds is 3. The van der Waals surface area contributed by atoms with Gasteiger partial charge in [0.05, 0.1) is 0 Å². The molecule has 0 aromatic heterocycles. The van der Waals surface area contributed by atoms with Gasteiger partial charge in [0.1, 0.15) is 5.41 Å². The highest BCUT2D eigenvalue weighted by Gasteiger charge is 2.54. The van der Waals surface area contributed by atoms with E-state index < -0.39 is 5.41 Å². The van der Waals surface area contributed by atoms with Crippen molar-refractivity contribution in [3.05, 3.63) is 35.9 Å². The third kappa shape index (κ3) is 2.42. The predicted molar refractivity (Wildman–Crippen MR) is 77.1 cm³/mol. The largest absolute Gasteiger partial charge is 0.396 e. The monoisotopic (exact) mass is 288 g/mol. The molecule has 2 aliphatic rings. The van der Waals surface area contributed by atoms with Crippen molar-refractivity contribution in [3.63, 3.8) is 0 Å². The van der Waals surface area contributed by atoms with Gasteiger partial charge in [-0.15, -0.1) is 0 Å². The predicted octanol–water partition coefficient (Wildman–Crippen LogP) is 0.534. The Labute approximate surface area is 123 Å². The zero-order chi connectivity index (χ0) is 14.9. The van der Waals surface area contributed by atoms with Crippen molar-refractivity contribution in [2.24, 2.45) is 11.3 Å². The normalized spacial score (nSPS) is 29.0. The molecule has 1 aromatic rings. The number of likely N-dealkylation sites (tertiary alicyclic amines) is 1. The van der Waals surface area contributed by atoms with Crippen molar-refractivity contribution in [1.29, 1.82) is 0 Å². The van der Waals surface area contributed by atoms with Crippen LogP contribution in [0.1, 0.15) is 18.4 Å². The van der Waals surface area contributed by atoms with Gasteiger partial charge in [0, 0.05) is 32.2 Å². The fourth-order valence-corrected chi connectivity index (χ4v) is 3.48. The summed E-state index contributed by atoms with van der Waals surface area (Å²) < 4.78 is 0. The maximum Gasteiger partial charge on any atom is 0.238 e. The molecular weight excluding hydrogens is 268 g/mol. The van der Waals surface area contributed by atoms with Crippen LogP contribution >= 0.6 is 0 Å². The second kappa shape index (κ2) is 5.48. The van der Waals surface area contributed by atoms with Gasteiger partial charge in [0.15, 0.2) is 0 Å². The van der Waals surface area contributed by atoms with Gasteiger partial charge in [0.2, 0.25) is 11.8 Å². The van der Waals surface area contributed by atoms with E-state index in [1.807, 2.05) is 30.3 Å². The van der Waals surface area contributed by atoms with E-state index in [0.29, 0.717) is 32.5 Å². The maximum absolute atomic E-state index is 12.8. The molecule has 2 atom stereocenters. The number of aliphatic hydroxyl groups excluding tert-OH is 1. The first-order chi connectivity index (χ1) is 10.2. The molecule has 2 fully saturated rings. The average molecular weight is 288 g/mol. The van der Waals surface area contributed by atoms with Gasteiger partial charge in [0.25, 0.3) is 0 Å². The molecule has 1 spiro atoms. The molecule has 112 valence electrons. The Balaban J connectivity index is 1.86. The van der Waals surface area contributed by atoms with Gasteiger partial charge < -0.3 is 15.3 Å². The van der Waals surface area contributed by atoms with E-state index in [-0.39, 0.29) is 24.3 Å². The lowest BCUT2D eigenvalue weighted by atomic mass is 9.73. The highest BCUT2D eigenvalue weighted by Crippen LogP contribution is 2.40. The lowest BCUT2D eigenvalue weighted by molar-refractivity contribution is -0.156. The first-order valence-electron chi connectivity index (χ1n) is 7.38. The summed E-state index contributed by atoms with van der Waals surface area (Å²) in [7, 11) is 0. The van der Waals surface area contributed by atoms with Gasteiger partial charge in [-0.05, 0) is 18.4 Å². The second-order valence-corrected chi connectivity index (χ2v) is 6.01. The van der Waals surface area contributed by atoms with Crippen molar-refractivity contribution < 1.29 is 14.7 Å². The molecule has 2 aliphatic heterocycles. The molecule has 2 N–H and O–H groups in total. The van der Waals surface area contributed by atoms with E-state index in [1.165, 1.54) is 0 Å². The molecule has 0 radical (unpaired) electrons. The van der Waals surface area contributed by atoms with Crippen LogP contribution in [0.15, 0.2) is 30.3 Å². The summed E-state index contributed by atoms with van der Waals surface area (Å²) in [5, 5.41) is 12.3. The zero-order valence-corrected chi connectivity index (χ0v) is 11.9. The molecule has 21 heavy (non-hydrogen) atoms. The van der Waals surface area contributed by atoms with Crippen molar-refractivity contribution in [3.8, 4) is 0 Å². The summed E-state index contributed by atoms with van der Waals surface area (Å²) >= 11 is 0. The molecule has 0 aliphatic carbocycles. The van der Waals surface area contributed by atoms with Gasteiger partial charge in [-0.2, -0.15) is 0 Å². The first-order valence-corrected chi connectivity index (χ1v) is 7.38. The van der Waals surface area contributed by atoms with E-state index in [2.05, 4.69) is 5.32 Å². The topological polar surface area (TPSA) is 69.6 Å². The molecule has 1 aromatic carbocycles. The minimum atomic E-state index is -0.958. The Morgan fingerprint density at radius 1 is 1.29 bits per heavy atom. The maximum atomic E-state index is 12.8. The van der Waals surface area contributed by atoms with Crippen LogP contribution in [0.2, 0.25) is 0 Å². The quantitative estimate of drug-likeness (QED) is 0.797. The molecule has 2 heterocycles. The molecule has 0 unspecified atom stereocenters. The summed E-state index contributed by atoms with van der Waals surface area (Å²) in [4.78, 5) is 26.7. The molecular formula is C16H20N2O3. The average Bonchev–Trinajstić information content (AvgIpc) is 2.86. The Kier molecular flexibility index (Phi) is 3.68. The fraction of sp³-hybridized carbons (Fsp3) is 0.500. The van der Waals surface area contributed by atoms with Crippen LogP contribution in [0, 0.1) is 11.3 Å². The van der Waals surface area contributed by atoms with Crippen LogP contribution in [0.25, 0.3) is 0 Å². The number of carbonyl (C=O) groups excluding carboxylic acids is 2. The highest BCUT2D eigenvalue weighted by molar-refractivity contribution is 6.06. The number of nitrogens with one attached hydrogen (secondary N) is 1. The zero-order valence-electron chi connectivity index (χ0n) is 11.9. The number of hydrogen-bond acceptors (Lipinski definition) is 3. The van der Waals surface area contributed by atoms with Crippen LogP contribution in [0.5, 0.6) is 0 Å². The van der Waals surface area contributed by atoms with Crippen molar-refractivity contribution in [1.82, 2.24) is 10.2 Å². The number of hydrogen-bond donors (Lipinski definition) is 2. The molecule has 0 bridgehead atoms.